The first-order valence-electron chi connectivity index (χ1n) is 7.45. The molecule has 8 nitrogen and oxygen atoms in total. The Balaban J connectivity index is 2.14. The third-order valence-corrected chi connectivity index (χ3v) is 3.72. The van der Waals surface area contributed by atoms with Crippen LogP contribution in [-0.2, 0) is 11.2 Å². The van der Waals surface area contributed by atoms with Crippen molar-refractivity contribution in [1.29, 1.82) is 0 Å². The highest BCUT2D eigenvalue weighted by molar-refractivity contribution is 5.93. The average molecular weight is 341 g/mol. The number of esters is 1. The molecule has 25 heavy (non-hydrogen) atoms. The number of methoxy groups -OCH3 is 1. The maximum atomic E-state index is 11.6. The van der Waals surface area contributed by atoms with Gasteiger partial charge in [-0.1, -0.05) is 0 Å². The number of aromatic nitrogens is 3. The van der Waals surface area contributed by atoms with Crippen LogP contribution in [0.25, 0.3) is 16.7 Å². The van der Waals surface area contributed by atoms with Crippen molar-refractivity contribution >= 4 is 23.3 Å². The molecule has 1 aromatic heterocycles. The van der Waals surface area contributed by atoms with Crippen molar-refractivity contribution in [2.24, 2.45) is 0 Å². The summed E-state index contributed by atoms with van der Waals surface area (Å²) in [5.74, 6) is -0.752. The van der Waals surface area contributed by atoms with Crippen molar-refractivity contribution < 1.29 is 24.5 Å². The second kappa shape index (κ2) is 6.70. The van der Waals surface area contributed by atoms with Crippen molar-refractivity contribution in [3.8, 4) is 11.4 Å². The minimum atomic E-state index is -0.493. The second-order valence-electron chi connectivity index (χ2n) is 5.33. The van der Waals surface area contributed by atoms with Crippen LogP contribution in [0.2, 0.25) is 0 Å². The molecule has 2 N–H and O–H groups in total. The summed E-state index contributed by atoms with van der Waals surface area (Å²) in [5.41, 5.74) is 2.22. The van der Waals surface area contributed by atoms with Gasteiger partial charge in [0.15, 0.2) is 12.0 Å². The number of fused-ring (bicyclic) bond motifs is 1. The summed E-state index contributed by atoms with van der Waals surface area (Å²) >= 11 is 0. The van der Waals surface area contributed by atoms with Gasteiger partial charge in [-0.15, -0.1) is 15.0 Å². The minimum absolute atomic E-state index is 0.0811. The zero-order valence-electron chi connectivity index (χ0n) is 13.3. The monoisotopic (exact) mass is 341 g/mol. The third kappa shape index (κ3) is 3.07. The zero-order valence-corrected chi connectivity index (χ0v) is 13.3. The molecule has 0 spiro atoms. The lowest BCUT2D eigenvalue weighted by atomic mass is 10.1. The quantitative estimate of drug-likeness (QED) is 0.530. The van der Waals surface area contributed by atoms with Gasteiger partial charge in [-0.05, 0) is 42.3 Å². The van der Waals surface area contributed by atoms with Crippen molar-refractivity contribution in [2.45, 2.75) is 6.42 Å². The lowest BCUT2D eigenvalue weighted by molar-refractivity contribution is 0.0600. The molecule has 2 aromatic carbocycles. The highest BCUT2D eigenvalue weighted by Crippen LogP contribution is 2.27. The smallest absolute Gasteiger partial charge is 0.337 e. The SMILES string of the molecule is COC(=O)c1ccc2nn(-c3cc(CCO)cc(C=O)c3O)nc2c1. The minimum Gasteiger partial charge on any atom is -0.505 e. The number of phenols is 1. The van der Waals surface area contributed by atoms with Crippen molar-refractivity contribution in [1.82, 2.24) is 15.0 Å². The van der Waals surface area contributed by atoms with Gasteiger partial charge in [0.1, 0.15) is 16.7 Å². The van der Waals surface area contributed by atoms with Crippen LogP contribution in [0.15, 0.2) is 30.3 Å². The van der Waals surface area contributed by atoms with Crippen LogP contribution < -0.4 is 0 Å². The largest absolute Gasteiger partial charge is 0.505 e. The molecule has 128 valence electrons. The molecule has 0 fully saturated rings. The number of carbonyl (C=O) groups is 2. The third-order valence-electron chi connectivity index (χ3n) is 3.72. The van der Waals surface area contributed by atoms with Gasteiger partial charge < -0.3 is 14.9 Å². The Hall–Kier alpha value is -3.26. The Morgan fingerprint density at radius 1 is 1.24 bits per heavy atom. The highest BCUT2D eigenvalue weighted by atomic mass is 16.5. The molecule has 0 bridgehead atoms. The summed E-state index contributed by atoms with van der Waals surface area (Å²) in [6.07, 6.45) is 0.847. The molecule has 0 saturated heterocycles. The fourth-order valence-electron chi connectivity index (χ4n) is 2.48. The summed E-state index contributed by atoms with van der Waals surface area (Å²) in [4.78, 5) is 24.0. The van der Waals surface area contributed by atoms with Gasteiger partial charge in [0.05, 0.1) is 18.2 Å². The number of nitrogens with zero attached hydrogens (tertiary/aromatic N) is 3. The number of aliphatic hydroxyl groups is 1. The number of hydrogen-bond acceptors (Lipinski definition) is 7. The van der Waals surface area contributed by atoms with Crippen LogP contribution in [-0.4, -0.2) is 51.2 Å². The Kier molecular flexibility index (Phi) is 4.44. The first kappa shape index (κ1) is 16.6. The fourth-order valence-corrected chi connectivity index (χ4v) is 2.48. The summed E-state index contributed by atoms with van der Waals surface area (Å²) in [6, 6.07) is 7.80. The van der Waals surface area contributed by atoms with Gasteiger partial charge in [-0.25, -0.2) is 4.79 Å². The lowest BCUT2D eigenvalue weighted by Gasteiger charge is -2.08. The van der Waals surface area contributed by atoms with E-state index in [0.29, 0.717) is 34.9 Å². The first-order valence-corrected chi connectivity index (χ1v) is 7.45. The van der Waals surface area contributed by atoms with E-state index < -0.39 is 5.97 Å². The van der Waals surface area contributed by atoms with E-state index in [2.05, 4.69) is 14.9 Å². The number of aromatic hydroxyl groups is 1. The Bertz CT molecular complexity index is 964. The molecule has 8 heteroatoms. The summed E-state index contributed by atoms with van der Waals surface area (Å²) < 4.78 is 4.67. The maximum Gasteiger partial charge on any atom is 0.337 e. The maximum absolute atomic E-state index is 11.6. The van der Waals surface area contributed by atoms with E-state index in [0.717, 1.165) is 0 Å². The molecule has 0 saturated carbocycles. The molecule has 0 aliphatic heterocycles. The Morgan fingerprint density at radius 2 is 2.00 bits per heavy atom. The van der Waals surface area contributed by atoms with Crippen molar-refractivity contribution in [3.05, 3.63) is 47.0 Å². The number of aldehydes is 1. The molecular formula is C17H15N3O5. The predicted molar refractivity (Wildman–Crippen MR) is 88.0 cm³/mol. The van der Waals surface area contributed by atoms with Crippen LogP contribution >= 0.6 is 0 Å². The average Bonchev–Trinajstić information content (AvgIpc) is 3.05. The van der Waals surface area contributed by atoms with Gasteiger partial charge in [-0.2, -0.15) is 0 Å². The van der Waals surface area contributed by atoms with Crippen LogP contribution in [0, 0.1) is 0 Å². The van der Waals surface area contributed by atoms with E-state index in [1.807, 2.05) is 0 Å². The van der Waals surface area contributed by atoms with Crippen molar-refractivity contribution in [3.63, 3.8) is 0 Å². The zero-order chi connectivity index (χ0) is 18.0. The van der Waals surface area contributed by atoms with Crippen LogP contribution in [0.5, 0.6) is 5.75 Å². The Labute approximate surface area is 142 Å². The number of ether oxygens (including phenoxy) is 1. The Morgan fingerprint density at radius 3 is 2.68 bits per heavy atom. The normalized spacial score (nSPS) is 10.8. The predicted octanol–water partition coefficient (Wildman–Crippen LogP) is 1.26. The topological polar surface area (TPSA) is 115 Å². The second-order valence-corrected chi connectivity index (χ2v) is 5.33. The van der Waals surface area contributed by atoms with E-state index in [4.69, 9.17) is 5.11 Å². The van der Waals surface area contributed by atoms with Crippen LogP contribution in [0.3, 0.4) is 0 Å². The number of carbonyl (C=O) groups excluding carboxylic acids is 2. The highest BCUT2D eigenvalue weighted by Gasteiger charge is 2.15. The van der Waals surface area contributed by atoms with Crippen LogP contribution in [0.1, 0.15) is 26.3 Å². The number of benzene rings is 2. The van der Waals surface area contributed by atoms with E-state index in [9.17, 15) is 14.7 Å². The number of phenolic OH excluding ortho intramolecular Hbond substituents is 1. The number of aliphatic hydroxyl groups excluding tert-OH is 1. The van der Waals surface area contributed by atoms with Crippen LogP contribution in [0.4, 0.5) is 0 Å². The van der Waals surface area contributed by atoms with Gasteiger partial charge in [0, 0.05) is 6.61 Å². The first-order chi connectivity index (χ1) is 12.1. The van der Waals surface area contributed by atoms with Crippen molar-refractivity contribution in [2.75, 3.05) is 13.7 Å². The molecule has 0 radical (unpaired) electrons. The summed E-state index contributed by atoms with van der Waals surface area (Å²) in [5, 5.41) is 27.9. The summed E-state index contributed by atoms with van der Waals surface area (Å²) in [6.45, 7) is -0.0977. The molecule has 0 aliphatic carbocycles. The summed E-state index contributed by atoms with van der Waals surface area (Å²) in [7, 11) is 1.29. The van der Waals surface area contributed by atoms with E-state index >= 15 is 0 Å². The number of rotatable bonds is 5. The van der Waals surface area contributed by atoms with Gasteiger partial charge >= 0.3 is 5.97 Å². The standard InChI is InChI=1S/C17H15N3O5/c1-25-17(24)11-2-3-13-14(8-11)19-20(18-13)15-7-10(4-5-21)6-12(9-22)16(15)23/h2-3,6-9,21,23H,4-5H2,1H3. The molecule has 3 aromatic rings. The van der Waals surface area contributed by atoms with Gasteiger partial charge in [0.2, 0.25) is 0 Å². The van der Waals surface area contributed by atoms with Gasteiger partial charge in [-0.3, -0.25) is 4.79 Å². The fraction of sp³-hybridized carbons (Fsp3) is 0.176. The molecule has 3 rings (SSSR count). The molecule has 0 amide bonds. The number of hydrogen-bond donors (Lipinski definition) is 2. The van der Waals surface area contributed by atoms with E-state index in [-0.39, 0.29) is 23.6 Å². The van der Waals surface area contributed by atoms with Gasteiger partial charge in [0.25, 0.3) is 0 Å². The van der Waals surface area contributed by atoms with E-state index in [1.54, 1.807) is 18.2 Å². The van der Waals surface area contributed by atoms with E-state index in [1.165, 1.54) is 24.0 Å². The molecule has 0 unspecified atom stereocenters. The molecular weight excluding hydrogens is 326 g/mol. The molecule has 1 heterocycles. The molecule has 0 atom stereocenters. The molecule has 0 aliphatic rings. The lowest BCUT2D eigenvalue weighted by Crippen LogP contribution is -2.03.